The molecule has 1 aliphatic rings. The molecule has 0 spiro atoms. The highest BCUT2D eigenvalue weighted by atomic mass is 28.4. The lowest BCUT2D eigenvalue weighted by atomic mass is 9.84. The Kier molecular flexibility index (Phi) is 5.44. The van der Waals surface area contributed by atoms with Crippen LogP contribution < -0.4 is 0 Å². The summed E-state index contributed by atoms with van der Waals surface area (Å²) in [6, 6.07) is 0.937. The molecular formula is C12H26O3Si. The zero-order valence-corrected chi connectivity index (χ0v) is 12.2. The topological polar surface area (TPSA) is 27.7 Å². The molecule has 1 aliphatic carbocycles. The summed E-state index contributed by atoms with van der Waals surface area (Å²) in [6.45, 7) is 2.41. The second-order valence-electron chi connectivity index (χ2n) is 5.17. The Morgan fingerprint density at radius 3 is 1.94 bits per heavy atom. The van der Waals surface area contributed by atoms with Crippen molar-refractivity contribution in [3.05, 3.63) is 0 Å². The smallest absolute Gasteiger partial charge is 0.377 e. The minimum Gasteiger partial charge on any atom is -0.377 e. The quantitative estimate of drug-likeness (QED) is 0.646. The van der Waals surface area contributed by atoms with Crippen LogP contribution in [0, 0.1) is 5.41 Å². The molecule has 0 bridgehead atoms. The summed E-state index contributed by atoms with van der Waals surface area (Å²) in [5, 5.41) is 0. The van der Waals surface area contributed by atoms with Crippen LogP contribution in [-0.2, 0) is 13.3 Å². The van der Waals surface area contributed by atoms with Crippen LogP contribution in [0.25, 0.3) is 0 Å². The Hall–Kier alpha value is 0.0969. The predicted octanol–water partition coefficient (Wildman–Crippen LogP) is 3.23. The van der Waals surface area contributed by atoms with Crippen molar-refractivity contribution in [1.82, 2.24) is 0 Å². The van der Waals surface area contributed by atoms with Crippen molar-refractivity contribution in [3.63, 3.8) is 0 Å². The third-order valence-corrected chi connectivity index (χ3v) is 6.84. The Morgan fingerprint density at radius 1 is 1.00 bits per heavy atom. The van der Waals surface area contributed by atoms with Crippen LogP contribution in [0.15, 0.2) is 0 Å². The standard InChI is InChI=1S/C12H26O3Si/c1-12(8-5-6-9-12)10-7-11-16(13-2,14-3)15-4/h5-11H2,1-4H3. The van der Waals surface area contributed by atoms with Crippen LogP contribution in [0.3, 0.4) is 0 Å². The number of rotatable bonds is 7. The molecule has 0 aromatic rings. The molecule has 16 heavy (non-hydrogen) atoms. The first kappa shape index (κ1) is 14.2. The molecule has 4 heteroatoms. The summed E-state index contributed by atoms with van der Waals surface area (Å²) in [6.07, 6.45) is 7.99. The van der Waals surface area contributed by atoms with Gasteiger partial charge in [-0.05, 0) is 31.1 Å². The molecule has 1 fully saturated rings. The summed E-state index contributed by atoms with van der Waals surface area (Å²) in [4.78, 5) is 0. The minimum atomic E-state index is -2.32. The van der Waals surface area contributed by atoms with E-state index in [0.717, 1.165) is 12.5 Å². The normalized spacial score (nSPS) is 20.2. The van der Waals surface area contributed by atoms with Gasteiger partial charge in [-0.15, -0.1) is 0 Å². The van der Waals surface area contributed by atoms with Crippen molar-refractivity contribution < 1.29 is 13.3 Å². The predicted molar refractivity (Wildman–Crippen MR) is 67.4 cm³/mol. The Bertz CT molecular complexity index is 190. The monoisotopic (exact) mass is 246 g/mol. The summed E-state index contributed by atoms with van der Waals surface area (Å²) < 4.78 is 16.3. The molecule has 0 radical (unpaired) electrons. The summed E-state index contributed by atoms with van der Waals surface area (Å²) >= 11 is 0. The number of hydrogen-bond acceptors (Lipinski definition) is 3. The molecule has 1 rings (SSSR count). The molecule has 0 heterocycles. The van der Waals surface area contributed by atoms with E-state index in [2.05, 4.69) is 6.92 Å². The van der Waals surface area contributed by atoms with Crippen molar-refractivity contribution in [2.24, 2.45) is 5.41 Å². The van der Waals surface area contributed by atoms with Gasteiger partial charge in [-0.1, -0.05) is 19.8 Å². The van der Waals surface area contributed by atoms with Crippen LogP contribution in [0.5, 0.6) is 0 Å². The first-order valence-electron chi connectivity index (χ1n) is 6.25. The van der Waals surface area contributed by atoms with Gasteiger partial charge < -0.3 is 13.3 Å². The van der Waals surface area contributed by atoms with Gasteiger partial charge in [-0.3, -0.25) is 0 Å². The molecule has 0 atom stereocenters. The van der Waals surface area contributed by atoms with E-state index < -0.39 is 8.80 Å². The van der Waals surface area contributed by atoms with Crippen LogP contribution in [0.4, 0.5) is 0 Å². The lowest BCUT2D eigenvalue weighted by molar-refractivity contribution is 0.121. The summed E-state index contributed by atoms with van der Waals surface area (Å²) in [5.74, 6) is 0. The Morgan fingerprint density at radius 2 is 1.50 bits per heavy atom. The van der Waals surface area contributed by atoms with E-state index in [4.69, 9.17) is 13.3 Å². The second-order valence-corrected chi connectivity index (χ2v) is 8.26. The molecule has 0 aromatic heterocycles. The van der Waals surface area contributed by atoms with Crippen LogP contribution in [-0.4, -0.2) is 30.1 Å². The Labute approximate surface area is 101 Å². The van der Waals surface area contributed by atoms with Gasteiger partial charge in [0.1, 0.15) is 0 Å². The zero-order chi connectivity index (χ0) is 12.1. The molecular weight excluding hydrogens is 220 g/mol. The van der Waals surface area contributed by atoms with Gasteiger partial charge in [0, 0.05) is 27.4 Å². The maximum atomic E-state index is 5.43. The third-order valence-electron chi connectivity index (χ3n) is 4.01. The average molecular weight is 246 g/mol. The van der Waals surface area contributed by atoms with E-state index in [0.29, 0.717) is 5.41 Å². The molecule has 96 valence electrons. The third kappa shape index (κ3) is 3.55. The molecule has 0 aromatic carbocycles. The van der Waals surface area contributed by atoms with E-state index in [-0.39, 0.29) is 0 Å². The first-order valence-corrected chi connectivity index (χ1v) is 8.18. The Balaban J connectivity index is 2.32. The van der Waals surface area contributed by atoms with E-state index in [1.54, 1.807) is 21.3 Å². The van der Waals surface area contributed by atoms with Crippen LogP contribution >= 0.6 is 0 Å². The molecule has 0 unspecified atom stereocenters. The largest absolute Gasteiger partial charge is 0.500 e. The maximum absolute atomic E-state index is 5.43. The van der Waals surface area contributed by atoms with E-state index in [1.807, 2.05) is 0 Å². The first-order chi connectivity index (χ1) is 7.60. The minimum absolute atomic E-state index is 0.565. The van der Waals surface area contributed by atoms with Crippen molar-refractivity contribution in [3.8, 4) is 0 Å². The van der Waals surface area contributed by atoms with E-state index >= 15 is 0 Å². The summed E-state index contributed by atoms with van der Waals surface area (Å²) in [5.41, 5.74) is 0.565. The lowest BCUT2D eigenvalue weighted by Crippen LogP contribution is -2.42. The van der Waals surface area contributed by atoms with Crippen molar-refractivity contribution in [2.75, 3.05) is 21.3 Å². The summed E-state index contributed by atoms with van der Waals surface area (Å²) in [7, 11) is 2.75. The van der Waals surface area contributed by atoms with Crippen LogP contribution in [0.2, 0.25) is 6.04 Å². The fourth-order valence-electron chi connectivity index (χ4n) is 2.77. The van der Waals surface area contributed by atoms with Crippen molar-refractivity contribution in [2.45, 2.75) is 51.5 Å². The fraction of sp³-hybridized carbons (Fsp3) is 1.00. The van der Waals surface area contributed by atoms with Gasteiger partial charge in [0.2, 0.25) is 0 Å². The van der Waals surface area contributed by atoms with Crippen molar-refractivity contribution in [1.29, 1.82) is 0 Å². The fourth-order valence-corrected chi connectivity index (χ4v) is 4.49. The molecule has 0 N–H and O–H groups in total. The highest BCUT2D eigenvalue weighted by molar-refractivity contribution is 6.60. The van der Waals surface area contributed by atoms with Crippen molar-refractivity contribution >= 4 is 8.80 Å². The van der Waals surface area contributed by atoms with Gasteiger partial charge in [-0.25, -0.2) is 0 Å². The molecule has 0 saturated heterocycles. The molecule has 0 amide bonds. The number of hydrogen-bond donors (Lipinski definition) is 0. The molecule has 0 aliphatic heterocycles. The highest BCUT2D eigenvalue weighted by Crippen LogP contribution is 2.42. The van der Waals surface area contributed by atoms with Gasteiger partial charge in [0.25, 0.3) is 0 Å². The van der Waals surface area contributed by atoms with Crippen LogP contribution in [0.1, 0.15) is 45.4 Å². The maximum Gasteiger partial charge on any atom is 0.500 e. The lowest BCUT2D eigenvalue weighted by Gasteiger charge is -2.27. The highest BCUT2D eigenvalue weighted by Gasteiger charge is 2.38. The van der Waals surface area contributed by atoms with Gasteiger partial charge in [0.15, 0.2) is 0 Å². The average Bonchev–Trinajstić information content (AvgIpc) is 2.73. The van der Waals surface area contributed by atoms with Gasteiger partial charge in [0.05, 0.1) is 0 Å². The van der Waals surface area contributed by atoms with Gasteiger partial charge in [-0.2, -0.15) is 0 Å². The molecule has 1 saturated carbocycles. The van der Waals surface area contributed by atoms with Gasteiger partial charge >= 0.3 is 8.80 Å². The molecule has 3 nitrogen and oxygen atoms in total. The second kappa shape index (κ2) is 6.14. The zero-order valence-electron chi connectivity index (χ0n) is 11.2. The van der Waals surface area contributed by atoms with E-state index in [1.165, 1.54) is 32.1 Å². The SMILES string of the molecule is CO[Si](CCCC1(C)CCCC1)(OC)OC. The van der Waals surface area contributed by atoms with E-state index in [9.17, 15) is 0 Å².